The van der Waals surface area contributed by atoms with Crippen molar-refractivity contribution in [3.63, 3.8) is 0 Å². The highest BCUT2D eigenvalue weighted by Crippen LogP contribution is 2.13. The van der Waals surface area contributed by atoms with E-state index in [0.29, 0.717) is 6.42 Å². The molecule has 0 radical (unpaired) electrons. The van der Waals surface area contributed by atoms with E-state index >= 15 is 0 Å². The average Bonchev–Trinajstić information content (AvgIpc) is 2.99. The number of nitrogens with one attached hydrogen (secondary N) is 1. The molecule has 8 heteroatoms. The van der Waals surface area contributed by atoms with Crippen molar-refractivity contribution >= 4 is 21.4 Å². The van der Waals surface area contributed by atoms with Crippen molar-refractivity contribution in [3.05, 3.63) is 34.5 Å². The van der Waals surface area contributed by atoms with Crippen LogP contribution >= 0.6 is 11.3 Å². The Labute approximate surface area is 108 Å². The molecule has 0 aliphatic heterocycles. The van der Waals surface area contributed by atoms with Crippen LogP contribution in [0.1, 0.15) is 10.8 Å². The molecule has 2 heterocycles. The highest BCUT2D eigenvalue weighted by atomic mass is 32.2. The topological polar surface area (TPSA) is 92.4 Å². The predicted octanol–water partition coefficient (Wildman–Crippen LogP) is 0.749. The molecule has 0 aliphatic carbocycles. The maximum Gasteiger partial charge on any atom is 0.273 e. The average molecular weight is 288 g/mol. The molecule has 0 unspecified atom stereocenters. The third-order valence-electron chi connectivity index (χ3n) is 2.17. The Bertz CT molecular complexity index is 589. The molecule has 0 bridgehead atoms. The summed E-state index contributed by atoms with van der Waals surface area (Å²) in [5.74, 6) is 0.218. The van der Waals surface area contributed by atoms with Crippen LogP contribution in [0, 0.1) is 0 Å². The van der Waals surface area contributed by atoms with Gasteiger partial charge in [0.15, 0.2) is 0 Å². The molecule has 2 N–H and O–H groups in total. The van der Waals surface area contributed by atoms with Gasteiger partial charge in [0.05, 0.1) is 5.01 Å². The first-order valence-corrected chi connectivity index (χ1v) is 7.56. The molecule has 2 aromatic heterocycles. The molecular weight excluding hydrogens is 276 g/mol. The Morgan fingerprint density at radius 3 is 2.89 bits per heavy atom. The summed E-state index contributed by atoms with van der Waals surface area (Å²) in [5, 5.41) is 11.3. The third-order valence-corrected chi connectivity index (χ3v) is 4.34. The second-order valence-corrected chi connectivity index (χ2v) is 6.13. The quantitative estimate of drug-likeness (QED) is 0.818. The van der Waals surface area contributed by atoms with E-state index in [-0.39, 0.29) is 24.0 Å². The normalized spacial score (nSPS) is 11.8. The standard InChI is InChI=1S/C10H12N2O4S2/c13-7-8-1-2-10(16-8)18(14,15)12-4-3-9-11-5-6-17-9/h1-2,5-6,12-13H,3-4,7H2. The SMILES string of the molecule is O=S(=O)(NCCc1nccs1)c1ccc(CO)o1. The van der Waals surface area contributed by atoms with E-state index in [1.54, 1.807) is 6.20 Å². The number of hydrogen-bond donors (Lipinski definition) is 2. The molecule has 0 atom stereocenters. The molecule has 2 rings (SSSR count). The third kappa shape index (κ3) is 3.16. The van der Waals surface area contributed by atoms with Gasteiger partial charge in [-0.3, -0.25) is 0 Å². The number of hydrogen-bond acceptors (Lipinski definition) is 6. The monoisotopic (exact) mass is 288 g/mol. The maximum atomic E-state index is 11.8. The largest absolute Gasteiger partial charge is 0.446 e. The van der Waals surface area contributed by atoms with Gasteiger partial charge in [-0.25, -0.2) is 18.1 Å². The minimum atomic E-state index is -3.65. The number of rotatable bonds is 6. The Morgan fingerprint density at radius 2 is 2.28 bits per heavy atom. The molecule has 2 aromatic rings. The predicted molar refractivity (Wildman–Crippen MR) is 65.6 cm³/mol. The lowest BCUT2D eigenvalue weighted by Crippen LogP contribution is -2.25. The van der Waals surface area contributed by atoms with Crippen LogP contribution in [0.2, 0.25) is 0 Å². The molecule has 18 heavy (non-hydrogen) atoms. The van der Waals surface area contributed by atoms with Crippen LogP contribution in [0.25, 0.3) is 0 Å². The van der Waals surface area contributed by atoms with E-state index in [1.165, 1.54) is 23.5 Å². The number of nitrogens with zero attached hydrogens (tertiary/aromatic N) is 1. The molecule has 0 aliphatic rings. The molecule has 0 fully saturated rings. The van der Waals surface area contributed by atoms with Crippen molar-refractivity contribution in [3.8, 4) is 0 Å². The number of sulfonamides is 1. The van der Waals surface area contributed by atoms with Gasteiger partial charge in [0.2, 0.25) is 5.09 Å². The highest BCUT2D eigenvalue weighted by Gasteiger charge is 2.18. The fraction of sp³-hybridized carbons (Fsp3) is 0.300. The lowest BCUT2D eigenvalue weighted by Gasteiger charge is -2.02. The molecule has 0 spiro atoms. The zero-order chi connectivity index (χ0) is 13.0. The van der Waals surface area contributed by atoms with Crippen LogP contribution in [0.4, 0.5) is 0 Å². The molecule has 0 saturated carbocycles. The minimum Gasteiger partial charge on any atom is -0.446 e. The first kappa shape index (κ1) is 13.2. The number of aromatic nitrogens is 1. The minimum absolute atomic E-state index is 0.189. The van der Waals surface area contributed by atoms with Gasteiger partial charge in [-0.1, -0.05) is 0 Å². The van der Waals surface area contributed by atoms with Gasteiger partial charge < -0.3 is 9.52 Å². The van der Waals surface area contributed by atoms with Crippen molar-refractivity contribution in [2.75, 3.05) is 6.54 Å². The van der Waals surface area contributed by atoms with Gasteiger partial charge in [-0.2, -0.15) is 0 Å². The molecule has 0 saturated heterocycles. The van der Waals surface area contributed by atoms with E-state index in [9.17, 15) is 8.42 Å². The van der Waals surface area contributed by atoms with E-state index in [0.717, 1.165) is 5.01 Å². The van der Waals surface area contributed by atoms with Crippen molar-refractivity contribution in [2.24, 2.45) is 0 Å². The second kappa shape index (κ2) is 5.61. The summed E-state index contributed by atoms with van der Waals surface area (Å²) in [6, 6.07) is 2.74. The molecular formula is C10H12N2O4S2. The van der Waals surface area contributed by atoms with Crippen LogP contribution in [-0.2, 0) is 23.1 Å². The molecule has 6 nitrogen and oxygen atoms in total. The van der Waals surface area contributed by atoms with Crippen molar-refractivity contribution in [2.45, 2.75) is 18.1 Å². The summed E-state index contributed by atoms with van der Waals surface area (Å²) in [4.78, 5) is 4.05. The highest BCUT2D eigenvalue weighted by molar-refractivity contribution is 7.89. The summed E-state index contributed by atoms with van der Waals surface area (Å²) in [6.07, 6.45) is 2.21. The van der Waals surface area contributed by atoms with Crippen molar-refractivity contribution in [1.29, 1.82) is 0 Å². The summed E-state index contributed by atoms with van der Waals surface area (Å²) >= 11 is 1.47. The Kier molecular flexibility index (Phi) is 4.12. The molecule has 0 aromatic carbocycles. The fourth-order valence-electron chi connectivity index (χ4n) is 1.33. The summed E-state index contributed by atoms with van der Waals surface area (Å²) < 4.78 is 31.0. The van der Waals surface area contributed by atoms with Crippen LogP contribution < -0.4 is 4.72 Å². The number of aliphatic hydroxyl groups is 1. The molecule has 0 amide bonds. The number of furan rings is 1. The zero-order valence-electron chi connectivity index (χ0n) is 9.37. The Balaban J connectivity index is 1.95. The van der Waals surface area contributed by atoms with Gasteiger partial charge in [0.25, 0.3) is 10.0 Å². The van der Waals surface area contributed by atoms with Crippen LogP contribution in [0.3, 0.4) is 0 Å². The molecule has 98 valence electrons. The van der Waals surface area contributed by atoms with E-state index in [2.05, 4.69) is 9.71 Å². The smallest absolute Gasteiger partial charge is 0.273 e. The maximum absolute atomic E-state index is 11.8. The lowest BCUT2D eigenvalue weighted by molar-refractivity contribution is 0.236. The zero-order valence-corrected chi connectivity index (χ0v) is 11.0. The fourth-order valence-corrected chi connectivity index (χ4v) is 2.92. The van der Waals surface area contributed by atoms with Gasteiger partial charge in [-0.15, -0.1) is 11.3 Å². The number of aliphatic hydroxyl groups excluding tert-OH is 1. The summed E-state index contributed by atoms with van der Waals surface area (Å²) in [5.41, 5.74) is 0. The van der Waals surface area contributed by atoms with Crippen LogP contribution in [-0.4, -0.2) is 25.1 Å². The van der Waals surface area contributed by atoms with E-state index < -0.39 is 10.0 Å². The van der Waals surface area contributed by atoms with Gasteiger partial charge in [-0.05, 0) is 12.1 Å². The van der Waals surface area contributed by atoms with E-state index in [4.69, 9.17) is 9.52 Å². The second-order valence-electron chi connectivity index (χ2n) is 3.45. The first-order chi connectivity index (χ1) is 8.62. The lowest BCUT2D eigenvalue weighted by atomic mass is 10.5. The first-order valence-electron chi connectivity index (χ1n) is 5.19. The van der Waals surface area contributed by atoms with Crippen LogP contribution in [0.15, 0.2) is 33.2 Å². The van der Waals surface area contributed by atoms with E-state index in [1.807, 2.05) is 5.38 Å². The van der Waals surface area contributed by atoms with Crippen LogP contribution in [0.5, 0.6) is 0 Å². The Morgan fingerprint density at radius 1 is 1.44 bits per heavy atom. The van der Waals surface area contributed by atoms with Crippen molar-refractivity contribution in [1.82, 2.24) is 9.71 Å². The summed E-state index contributed by atoms with van der Waals surface area (Å²) in [6.45, 7) is -0.0698. The summed E-state index contributed by atoms with van der Waals surface area (Å²) in [7, 11) is -3.65. The van der Waals surface area contributed by atoms with Gasteiger partial charge in [0.1, 0.15) is 12.4 Å². The number of thiazole rings is 1. The van der Waals surface area contributed by atoms with Gasteiger partial charge in [0, 0.05) is 24.5 Å². The van der Waals surface area contributed by atoms with Gasteiger partial charge >= 0.3 is 0 Å². The Hall–Kier alpha value is -1.22. The van der Waals surface area contributed by atoms with Crippen molar-refractivity contribution < 1.29 is 17.9 Å².